The molecule has 2 rings (SSSR count). The van der Waals surface area contributed by atoms with Crippen molar-refractivity contribution in [2.24, 2.45) is 22.2 Å². The normalized spacial score (nSPS) is 13.7. The summed E-state index contributed by atoms with van der Waals surface area (Å²) in [5.74, 6) is -2.53. The van der Waals surface area contributed by atoms with Crippen LogP contribution in [0.15, 0.2) is 47.8 Å². The molecule has 0 aliphatic rings. The quantitative estimate of drug-likeness (QED) is 0.0590. The van der Waals surface area contributed by atoms with Gasteiger partial charge in [-0.3, -0.25) is 19.4 Å². The first-order valence-corrected chi connectivity index (χ1v) is 14.4. The number of nitrogens with one attached hydrogen (secondary N) is 4. The van der Waals surface area contributed by atoms with E-state index in [0.29, 0.717) is 30.8 Å². The van der Waals surface area contributed by atoms with Crippen molar-refractivity contribution in [2.45, 2.75) is 56.3 Å². The monoisotopic (exact) mass is 589 g/mol. The molecule has 14 nitrogen and oxygen atoms in total. The summed E-state index contributed by atoms with van der Waals surface area (Å²) in [6.45, 7) is 0.313. The molecule has 224 valence electrons. The molecule has 11 N–H and O–H groups in total. The Kier molecular flexibility index (Phi) is 14.2. The number of nitrogens with two attached hydrogens (primary N) is 3. The summed E-state index contributed by atoms with van der Waals surface area (Å²) in [6.07, 6.45) is 5.87. The van der Waals surface area contributed by atoms with Crippen LogP contribution in [-0.2, 0) is 32.0 Å². The van der Waals surface area contributed by atoms with Crippen LogP contribution in [0.5, 0.6) is 0 Å². The van der Waals surface area contributed by atoms with Crippen LogP contribution in [-0.4, -0.2) is 87.4 Å². The van der Waals surface area contributed by atoms with E-state index in [9.17, 15) is 24.3 Å². The molecule has 41 heavy (non-hydrogen) atoms. The standard InChI is InChI=1S/C26H39N9O5S/c1-41-11-9-19(33-22(36)18(27)8-5-10-31-26(28)29)23(37)34-20(12-16-6-3-2-4-7-16)24(38)35-21(25(39)40)13-17-14-30-15-32-17/h2-4,6-7,14-15,18-21H,5,8-13,27H2,1H3,(H,30,32)(H,33,36)(H,34,37)(H,35,38)(H,39,40)(H4,28,29,31). The molecule has 0 aliphatic carbocycles. The second kappa shape index (κ2) is 17.6. The molecule has 0 spiro atoms. The van der Waals surface area contributed by atoms with Gasteiger partial charge in [-0.1, -0.05) is 30.3 Å². The number of carboxylic acids is 1. The van der Waals surface area contributed by atoms with E-state index in [1.165, 1.54) is 24.3 Å². The molecule has 0 bridgehead atoms. The summed E-state index contributed by atoms with van der Waals surface area (Å²) in [4.78, 5) is 61.9. The van der Waals surface area contributed by atoms with Gasteiger partial charge < -0.3 is 43.2 Å². The van der Waals surface area contributed by atoms with Crippen molar-refractivity contribution < 1.29 is 24.3 Å². The van der Waals surface area contributed by atoms with E-state index in [2.05, 4.69) is 30.9 Å². The molecule has 2 aromatic rings. The zero-order valence-corrected chi connectivity index (χ0v) is 23.7. The molecule has 0 radical (unpaired) electrons. The average molecular weight is 590 g/mol. The number of carbonyl (C=O) groups excluding carboxylic acids is 3. The number of hydrogen-bond donors (Lipinski definition) is 8. The Balaban J connectivity index is 2.15. The maximum atomic E-state index is 13.4. The first-order chi connectivity index (χ1) is 19.6. The lowest BCUT2D eigenvalue weighted by molar-refractivity contribution is -0.142. The predicted octanol–water partition coefficient (Wildman–Crippen LogP) is -1.13. The van der Waals surface area contributed by atoms with Crippen LogP contribution in [0.4, 0.5) is 0 Å². The van der Waals surface area contributed by atoms with Crippen LogP contribution >= 0.6 is 11.8 Å². The van der Waals surface area contributed by atoms with Gasteiger partial charge in [0.05, 0.1) is 12.4 Å². The zero-order valence-electron chi connectivity index (χ0n) is 22.9. The lowest BCUT2D eigenvalue weighted by Crippen LogP contribution is -2.58. The zero-order chi connectivity index (χ0) is 30.2. The second-order valence-corrected chi connectivity index (χ2v) is 10.3. The Hall–Kier alpha value is -4.11. The lowest BCUT2D eigenvalue weighted by Gasteiger charge is -2.25. The van der Waals surface area contributed by atoms with E-state index < -0.39 is 47.9 Å². The first-order valence-electron chi connectivity index (χ1n) is 13.1. The summed E-state index contributed by atoms with van der Waals surface area (Å²) >= 11 is 1.49. The molecule has 0 fully saturated rings. The van der Waals surface area contributed by atoms with Crippen LogP contribution in [0.1, 0.15) is 30.5 Å². The number of rotatable bonds is 18. The highest BCUT2D eigenvalue weighted by molar-refractivity contribution is 7.98. The minimum Gasteiger partial charge on any atom is -0.480 e. The minimum absolute atomic E-state index is 0.0272. The van der Waals surface area contributed by atoms with E-state index in [1.807, 2.05) is 12.3 Å². The van der Waals surface area contributed by atoms with E-state index in [1.54, 1.807) is 24.3 Å². The van der Waals surface area contributed by atoms with Crippen LogP contribution in [0.25, 0.3) is 0 Å². The van der Waals surface area contributed by atoms with Gasteiger partial charge in [-0.05, 0) is 36.8 Å². The number of hydrogen-bond acceptors (Lipinski definition) is 8. The van der Waals surface area contributed by atoms with Crippen LogP contribution in [0.2, 0.25) is 0 Å². The highest BCUT2D eigenvalue weighted by atomic mass is 32.2. The van der Waals surface area contributed by atoms with Crippen LogP contribution in [0.3, 0.4) is 0 Å². The van der Waals surface area contributed by atoms with Crippen molar-refractivity contribution in [3.05, 3.63) is 54.1 Å². The van der Waals surface area contributed by atoms with Crippen LogP contribution in [0, 0.1) is 0 Å². The number of thioether (sulfide) groups is 1. The number of guanidine groups is 1. The van der Waals surface area contributed by atoms with Gasteiger partial charge in [-0.25, -0.2) is 9.78 Å². The summed E-state index contributed by atoms with van der Waals surface area (Å²) in [5, 5.41) is 17.6. The molecule has 0 saturated heterocycles. The minimum atomic E-state index is -1.26. The van der Waals surface area contributed by atoms with Gasteiger partial charge in [-0.2, -0.15) is 11.8 Å². The topological polar surface area (TPSA) is 244 Å². The number of H-pyrrole nitrogens is 1. The van der Waals surface area contributed by atoms with Crippen molar-refractivity contribution in [1.29, 1.82) is 0 Å². The Morgan fingerprint density at radius 3 is 2.24 bits per heavy atom. The largest absolute Gasteiger partial charge is 0.480 e. The number of carboxylic acid groups (broad SMARTS) is 1. The summed E-state index contributed by atoms with van der Waals surface area (Å²) in [7, 11) is 0. The smallest absolute Gasteiger partial charge is 0.326 e. The number of imidazole rings is 1. The van der Waals surface area contributed by atoms with E-state index in [4.69, 9.17) is 17.2 Å². The number of aliphatic imine (C=N–C) groups is 1. The fourth-order valence-electron chi connectivity index (χ4n) is 3.85. The van der Waals surface area contributed by atoms with E-state index in [0.717, 1.165) is 5.56 Å². The summed E-state index contributed by atoms with van der Waals surface area (Å²) in [6, 6.07) is 4.75. The fourth-order valence-corrected chi connectivity index (χ4v) is 4.33. The van der Waals surface area contributed by atoms with Gasteiger partial charge in [0.2, 0.25) is 17.7 Å². The Bertz CT molecular complexity index is 1140. The third-order valence-electron chi connectivity index (χ3n) is 6.06. The molecule has 0 saturated carbocycles. The second-order valence-electron chi connectivity index (χ2n) is 9.33. The average Bonchev–Trinajstić information content (AvgIpc) is 3.45. The SMILES string of the molecule is CSCCC(NC(=O)C(N)CCCN=C(N)N)C(=O)NC(Cc1ccccc1)C(=O)NC(Cc1cnc[nH]1)C(=O)O. The number of aromatic nitrogens is 2. The third kappa shape index (κ3) is 12.3. The van der Waals surface area contributed by atoms with Gasteiger partial charge >= 0.3 is 5.97 Å². The summed E-state index contributed by atoms with van der Waals surface area (Å²) < 4.78 is 0. The third-order valence-corrected chi connectivity index (χ3v) is 6.70. The molecule has 4 unspecified atom stereocenters. The number of amides is 3. The fraction of sp³-hybridized carbons (Fsp3) is 0.462. The van der Waals surface area contributed by atoms with Gasteiger partial charge in [0.15, 0.2) is 5.96 Å². The number of aromatic amines is 1. The molecule has 0 aliphatic heterocycles. The van der Waals surface area contributed by atoms with Crippen LogP contribution < -0.4 is 33.2 Å². The number of aliphatic carboxylic acids is 1. The number of benzene rings is 1. The first kappa shape index (κ1) is 33.1. The van der Waals surface area contributed by atoms with Gasteiger partial charge in [-0.15, -0.1) is 0 Å². The van der Waals surface area contributed by atoms with Gasteiger partial charge in [0, 0.05) is 31.3 Å². The molecule has 4 atom stereocenters. The molecule has 1 aromatic heterocycles. The Morgan fingerprint density at radius 2 is 1.63 bits per heavy atom. The lowest BCUT2D eigenvalue weighted by atomic mass is 10.0. The number of nitrogens with zero attached hydrogens (tertiary/aromatic N) is 2. The maximum absolute atomic E-state index is 13.4. The molecular weight excluding hydrogens is 550 g/mol. The highest BCUT2D eigenvalue weighted by Gasteiger charge is 2.30. The highest BCUT2D eigenvalue weighted by Crippen LogP contribution is 2.08. The Labute approximate surface area is 242 Å². The summed E-state index contributed by atoms with van der Waals surface area (Å²) in [5.41, 5.74) is 17.9. The van der Waals surface area contributed by atoms with Crippen molar-refractivity contribution in [3.63, 3.8) is 0 Å². The maximum Gasteiger partial charge on any atom is 0.326 e. The molecule has 3 amide bonds. The molecule has 1 aromatic carbocycles. The van der Waals surface area contributed by atoms with Gasteiger partial charge in [0.1, 0.15) is 18.1 Å². The van der Waals surface area contributed by atoms with E-state index >= 15 is 0 Å². The number of carbonyl (C=O) groups is 4. The van der Waals surface area contributed by atoms with E-state index in [-0.39, 0.29) is 25.2 Å². The predicted molar refractivity (Wildman–Crippen MR) is 157 cm³/mol. The van der Waals surface area contributed by atoms with Crippen molar-refractivity contribution in [3.8, 4) is 0 Å². The van der Waals surface area contributed by atoms with Gasteiger partial charge in [0.25, 0.3) is 0 Å². The van der Waals surface area contributed by atoms with Crippen molar-refractivity contribution in [1.82, 2.24) is 25.9 Å². The molecule has 1 heterocycles. The molecule has 15 heteroatoms. The Morgan fingerprint density at radius 1 is 0.976 bits per heavy atom. The van der Waals surface area contributed by atoms with Crippen molar-refractivity contribution in [2.75, 3.05) is 18.6 Å². The molecular formula is C26H39N9O5S. The van der Waals surface area contributed by atoms with Crippen molar-refractivity contribution >= 4 is 41.4 Å².